The van der Waals surface area contributed by atoms with Crippen LogP contribution in [0, 0.1) is 0 Å². The lowest BCUT2D eigenvalue weighted by Crippen LogP contribution is -2.39. The molecule has 0 aromatic carbocycles. The van der Waals surface area contributed by atoms with E-state index in [1.165, 1.54) is 0 Å². The zero-order valence-corrected chi connectivity index (χ0v) is 15.0. The van der Waals surface area contributed by atoms with Gasteiger partial charge in [0.2, 0.25) is 5.91 Å². The molecule has 0 saturated heterocycles. The molecule has 0 aliphatic rings. The second kappa shape index (κ2) is 10.6. The van der Waals surface area contributed by atoms with Gasteiger partial charge in [-0.05, 0) is 41.5 Å². The van der Waals surface area contributed by atoms with Gasteiger partial charge in [-0.25, -0.2) is 0 Å². The molecule has 0 aromatic heterocycles. The Balaban J connectivity index is -0.00000144. The summed E-state index contributed by atoms with van der Waals surface area (Å²) in [6.45, 7) is 12.5. The minimum atomic E-state index is -0.553. The van der Waals surface area contributed by atoms with E-state index in [0.717, 1.165) is 0 Å². The molecule has 0 aromatic rings. The van der Waals surface area contributed by atoms with Gasteiger partial charge >= 0.3 is 0 Å². The van der Waals surface area contributed by atoms with E-state index in [1.54, 1.807) is 0 Å². The second-order valence-electron chi connectivity index (χ2n) is 6.23. The highest BCUT2D eigenvalue weighted by Gasteiger charge is 2.26. The number of carbonyl (C=O) groups is 1. The van der Waals surface area contributed by atoms with Crippen molar-refractivity contribution in [1.82, 2.24) is 5.32 Å². The van der Waals surface area contributed by atoms with Gasteiger partial charge in [-0.1, -0.05) is 0 Å². The second-order valence-corrected chi connectivity index (χ2v) is 6.23. The molecule has 20 heavy (non-hydrogen) atoms. The number of hydrogen-bond donors (Lipinski definition) is 2. The molecule has 0 unspecified atom stereocenters. The van der Waals surface area contributed by atoms with Crippen LogP contribution in [-0.4, -0.2) is 36.5 Å². The highest BCUT2D eigenvalue weighted by molar-refractivity contribution is 5.85. The molecule has 0 aliphatic carbocycles. The summed E-state index contributed by atoms with van der Waals surface area (Å²) >= 11 is 0. The molecule has 0 heterocycles. The summed E-state index contributed by atoms with van der Waals surface area (Å²) in [4.78, 5) is 11.7. The monoisotopic (exact) mass is 332 g/mol. The maximum atomic E-state index is 11.7. The van der Waals surface area contributed by atoms with Crippen molar-refractivity contribution in [2.45, 2.75) is 65.5 Å². The Hall–Kier alpha value is -0.0700. The molecule has 0 spiro atoms. The maximum Gasteiger partial charge on any atom is 0.225 e. The van der Waals surface area contributed by atoms with Gasteiger partial charge in [0, 0.05) is 13.1 Å². The van der Waals surface area contributed by atoms with Crippen LogP contribution in [0.2, 0.25) is 0 Å². The number of carbonyl (C=O) groups excluding carboxylic acids is 1. The molecule has 3 N–H and O–H groups in total. The molecular formula is C13H30Cl2N2O3. The fraction of sp³-hybridized carbons (Fsp3) is 0.923. The van der Waals surface area contributed by atoms with Crippen LogP contribution in [0.25, 0.3) is 0 Å². The SMILES string of the molecule is CC(C)(C)OC(CC(=O)NCCN)OC(C)(C)C.Cl.Cl. The quantitative estimate of drug-likeness (QED) is 0.731. The molecule has 0 radical (unpaired) electrons. The van der Waals surface area contributed by atoms with E-state index in [0.29, 0.717) is 13.1 Å². The maximum absolute atomic E-state index is 11.7. The molecule has 1 amide bonds. The van der Waals surface area contributed by atoms with Crippen LogP contribution < -0.4 is 11.1 Å². The largest absolute Gasteiger partial charge is 0.355 e. The summed E-state index contributed by atoms with van der Waals surface area (Å²) < 4.78 is 11.5. The number of nitrogens with two attached hydrogens (primary N) is 1. The number of nitrogens with one attached hydrogen (secondary N) is 1. The first kappa shape index (κ1) is 24.9. The van der Waals surface area contributed by atoms with Crippen molar-refractivity contribution in [1.29, 1.82) is 0 Å². The van der Waals surface area contributed by atoms with Crippen LogP contribution in [0.4, 0.5) is 0 Å². The van der Waals surface area contributed by atoms with E-state index in [9.17, 15) is 4.79 Å². The van der Waals surface area contributed by atoms with Gasteiger partial charge in [0.05, 0.1) is 17.6 Å². The molecule has 0 atom stereocenters. The van der Waals surface area contributed by atoms with E-state index in [2.05, 4.69) is 5.32 Å². The first-order valence-corrected chi connectivity index (χ1v) is 6.36. The molecule has 7 heteroatoms. The molecule has 0 saturated carbocycles. The Morgan fingerprint density at radius 1 is 1.05 bits per heavy atom. The van der Waals surface area contributed by atoms with E-state index in [1.807, 2.05) is 41.5 Å². The van der Waals surface area contributed by atoms with Crippen molar-refractivity contribution in [3.63, 3.8) is 0 Å². The molecule has 0 rings (SSSR count). The van der Waals surface area contributed by atoms with Crippen LogP contribution in [0.1, 0.15) is 48.0 Å². The fourth-order valence-electron chi connectivity index (χ4n) is 1.33. The topological polar surface area (TPSA) is 73.6 Å². The zero-order valence-electron chi connectivity index (χ0n) is 13.3. The van der Waals surface area contributed by atoms with E-state index in [-0.39, 0.29) is 48.3 Å². The van der Waals surface area contributed by atoms with Crippen molar-refractivity contribution >= 4 is 30.7 Å². The van der Waals surface area contributed by atoms with Crippen LogP contribution in [0.15, 0.2) is 0 Å². The third kappa shape index (κ3) is 16.0. The van der Waals surface area contributed by atoms with Crippen molar-refractivity contribution in [3.05, 3.63) is 0 Å². The van der Waals surface area contributed by atoms with Gasteiger partial charge in [0.15, 0.2) is 6.29 Å². The van der Waals surface area contributed by atoms with Crippen LogP contribution in [-0.2, 0) is 14.3 Å². The summed E-state index contributed by atoms with van der Waals surface area (Å²) in [6, 6.07) is 0. The predicted octanol–water partition coefficient (Wildman–Crippen LogP) is 2.25. The summed E-state index contributed by atoms with van der Waals surface area (Å²) in [5, 5.41) is 2.71. The lowest BCUT2D eigenvalue weighted by molar-refractivity contribution is -0.234. The van der Waals surface area contributed by atoms with Gasteiger partial charge in [-0.3, -0.25) is 4.79 Å². The van der Waals surface area contributed by atoms with Gasteiger partial charge in [-0.15, -0.1) is 24.8 Å². The molecule has 0 aliphatic heterocycles. The Bertz CT molecular complexity index is 247. The Labute approximate surface area is 135 Å². The Morgan fingerprint density at radius 3 is 1.75 bits per heavy atom. The molecule has 0 bridgehead atoms. The lowest BCUT2D eigenvalue weighted by Gasteiger charge is -2.32. The number of amides is 1. The van der Waals surface area contributed by atoms with Crippen LogP contribution in [0.3, 0.4) is 0 Å². The van der Waals surface area contributed by atoms with E-state index in [4.69, 9.17) is 15.2 Å². The summed E-state index contributed by atoms with van der Waals surface area (Å²) in [5.41, 5.74) is 4.62. The van der Waals surface area contributed by atoms with Crippen molar-refractivity contribution < 1.29 is 14.3 Å². The zero-order chi connectivity index (χ0) is 14.4. The highest BCUT2D eigenvalue weighted by Crippen LogP contribution is 2.19. The number of ether oxygens (including phenoxy) is 2. The number of rotatable bonds is 6. The van der Waals surface area contributed by atoms with Crippen molar-refractivity contribution in [3.8, 4) is 0 Å². The normalized spacial score (nSPS) is 11.6. The minimum Gasteiger partial charge on any atom is -0.355 e. The highest BCUT2D eigenvalue weighted by atomic mass is 35.5. The van der Waals surface area contributed by atoms with Crippen LogP contribution in [0.5, 0.6) is 0 Å². The first-order valence-electron chi connectivity index (χ1n) is 6.36. The third-order valence-electron chi connectivity index (χ3n) is 1.79. The van der Waals surface area contributed by atoms with Crippen molar-refractivity contribution in [2.75, 3.05) is 13.1 Å². The number of hydrogen-bond acceptors (Lipinski definition) is 4. The first-order chi connectivity index (χ1) is 8.03. The fourth-order valence-corrected chi connectivity index (χ4v) is 1.33. The standard InChI is InChI=1S/C13H28N2O3.2ClH/c1-12(2,3)17-11(18-13(4,5)6)9-10(16)15-8-7-14;;/h11H,7-9,14H2,1-6H3,(H,15,16);2*1H. The third-order valence-corrected chi connectivity index (χ3v) is 1.79. The Kier molecular flexibility index (Phi) is 13.2. The van der Waals surface area contributed by atoms with Gasteiger partial charge in [0.1, 0.15) is 0 Å². The summed E-state index contributed by atoms with van der Waals surface area (Å²) in [5.74, 6) is -0.112. The van der Waals surface area contributed by atoms with Gasteiger partial charge < -0.3 is 20.5 Å². The van der Waals surface area contributed by atoms with E-state index < -0.39 is 6.29 Å². The summed E-state index contributed by atoms with van der Waals surface area (Å²) in [7, 11) is 0. The molecule has 124 valence electrons. The predicted molar refractivity (Wildman–Crippen MR) is 86.6 cm³/mol. The minimum absolute atomic E-state index is 0. The average Bonchev–Trinajstić information content (AvgIpc) is 2.08. The van der Waals surface area contributed by atoms with Gasteiger partial charge in [-0.2, -0.15) is 0 Å². The molecule has 5 nitrogen and oxygen atoms in total. The van der Waals surface area contributed by atoms with Gasteiger partial charge in [0.25, 0.3) is 0 Å². The Morgan fingerprint density at radius 2 is 1.45 bits per heavy atom. The smallest absolute Gasteiger partial charge is 0.225 e. The molecule has 0 fully saturated rings. The average molecular weight is 333 g/mol. The van der Waals surface area contributed by atoms with Crippen molar-refractivity contribution in [2.24, 2.45) is 5.73 Å². The number of halogens is 2. The van der Waals surface area contributed by atoms with E-state index >= 15 is 0 Å². The van der Waals surface area contributed by atoms with Crippen LogP contribution >= 0.6 is 24.8 Å². The summed E-state index contributed by atoms with van der Waals surface area (Å²) in [6.07, 6.45) is -0.378. The molecular weight excluding hydrogens is 303 g/mol. The lowest BCUT2D eigenvalue weighted by atomic mass is 10.1.